The Kier molecular flexibility index (Phi) is 10.2. The molecule has 2 aromatic rings. The summed E-state index contributed by atoms with van der Waals surface area (Å²) in [6, 6.07) is 13.7. The van der Waals surface area contributed by atoms with Gasteiger partial charge in [-0.15, -0.1) is 0 Å². The minimum atomic E-state index is -1.74. The molecule has 2 aromatic carbocycles. The third kappa shape index (κ3) is 8.74. The lowest BCUT2D eigenvalue weighted by molar-refractivity contribution is 0.184. The van der Waals surface area contributed by atoms with Crippen molar-refractivity contribution in [3.05, 3.63) is 82.9 Å². The third-order valence-corrected chi connectivity index (χ3v) is 11.9. The minimum Gasteiger partial charge on any atom is -0.494 e. The number of aryl methyl sites for hydroxylation is 1. The highest BCUT2D eigenvalue weighted by Gasteiger charge is 2.36. The molecular weight excluding hydrogens is 493 g/mol. The quantitative estimate of drug-likeness (QED) is 0.217. The fourth-order valence-corrected chi connectivity index (χ4v) is 5.12. The standard InChI is InChI=1S/C32H46FNO3Si/c1-23(2)37-31-17-14-27(22-29(31)33)34-30-16-15-28(21-26(30)20-25-12-10-24(3)11-13-25)35-18-9-19-36-38(7,8)32(4,5)6/h10-15,17,21-23,30,34H,9,16,18-20H2,1-8H3. The second-order valence-corrected chi connectivity index (χ2v) is 16.9. The smallest absolute Gasteiger partial charge is 0.191 e. The summed E-state index contributed by atoms with van der Waals surface area (Å²) in [6.45, 7) is 18.6. The largest absolute Gasteiger partial charge is 0.494 e. The molecule has 0 bridgehead atoms. The van der Waals surface area contributed by atoms with Gasteiger partial charge in [0.1, 0.15) is 5.76 Å². The molecule has 38 heavy (non-hydrogen) atoms. The van der Waals surface area contributed by atoms with Crippen molar-refractivity contribution in [3.8, 4) is 5.75 Å². The van der Waals surface area contributed by atoms with Crippen LogP contribution in [0.25, 0.3) is 0 Å². The molecule has 1 aliphatic carbocycles. The molecule has 6 heteroatoms. The van der Waals surface area contributed by atoms with Crippen LogP contribution >= 0.6 is 0 Å². The number of allylic oxidation sites excluding steroid dienone is 1. The maximum atomic E-state index is 14.6. The first-order valence-corrected chi connectivity index (χ1v) is 16.7. The zero-order valence-electron chi connectivity index (χ0n) is 24.5. The van der Waals surface area contributed by atoms with E-state index >= 15 is 0 Å². The number of hydrogen-bond donors (Lipinski definition) is 1. The minimum absolute atomic E-state index is 0.0434. The van der Waals surface area contributed by atoms with Crippen molar-refractivity contribution in [1.29, 1.82) is 0 Å². The summed E-state index contributed by atoms with van der Waals surface area (Å²) >= 11 is 0. The van der Waals surface area contributed by atoms with Gasteiger partial charge in [0.15, 0.2) is 19.9 Å². The zero-order valence-corrected chi connectivity index (χ0v) is 25.5. The molecule has 0 spiro atoms. The van der Waals surface area contributed by atoms with Crippen molar-refractivity contribution >= 4 is 14.0 Å². The normalized spacial score (nSPS) is 16.2. The van der Waals surface area contributed by atoms with Crippen LogP contribution in [0.15, 0.2) is 65.9 Å². The van der Waals surface area contributed by atoms with Crippen molar-refractivity contribution in [3.63, 3.8) is 0 Å². The highest BCUT2D eigenvalue weighted by atomic mass is 28.4. The van der Waals surface area contributed by atoms with E-state index in [9.17, 15) is 4.39 Å². The first-order chi connectivity index (χ1) is 17.8. The molecule has 0 heterocycles. The molecule has 0 radical (unpaired) electrons. The monoisotopic (exact) mass is 539 g/mol. The number of rotatable bonds is 12. The van der Waals surface area contributed by atoms with Gasteiger partial charge in [0, 0.05) is 24.8 Å². The lowest BCUT2D eigenvalue weighted by Crippen LogP contribution is -2.41. The number of nitrogens with one attached hydrogen (secondary N) is 1. The first-order valence-electron chi connectivity index (χ1n) is 13.8. The van der Waals surface area contributed by atoms with E-state index in [1.54, 1.807) is 6.07 Å². The van der Waals surface area contributed by atoms with Crippen LogP contribution in [0.5, 0.6) is 5.75 Å². The fourth-order valence-electron chi connectivity index (χ4n) is 4.03. The van der Waals surface area contributed by atoms with Gasteiger partial charge in [-0.1, -0.05) is 50.6 Å². The van der Waals surface area contributed by atoms with Crippen LogP contribution in [0.4, 0.5) is 10.1 Å². The van der Waals surface area contributed by atoms with Crippen LogP contribution in [0.2, 0.25) is 18.1 Å². The summed E-state index contributed by atoms with van der Waals surface area (Å²) in [5.41, 5.74) is 4.43. The van der Waals surface area contributed by atoms with Gasteiger partial charge < -0.3 is 19.2 Å². The molecular formula is C32H46FNO3Si. The van der Waals surface area contributed by atoms with Crippen LogP contribution in [-0.2, 0) is 15.6 Å². The van der Waals surface area contributed by atoms with Gasteiger partial charge in [0.25, 0.3) is 0 Å². The SMILES string of the molecule is Cc1ccc(CC2=CC(OCCCO[Si](C)(C)C(C)(C)C)=CCC2Nc2ccc(OC(C)C)c(F)c2)cc1. The Morgan fingerprint density at radius 2 is 1.76 bits per heavy atom. The Bertz CT molecular complexity index is 1120. The number of halogens is 1. The van der Waals surface area contributed by atoms with Crippen molar-refractivity contribution in [2.75, 3.05) is 18.5 Å². The van der Waals surface area contributed by atoms with Crippen molar-refractivity contribution in [2.45, 2.75) is 91.1 Å². The summed E-state index contributed by atoms with van der Waals surface area (Å²) < 4.78 is 32.6. The van der Waals surface area contributed by atoms with Gasteiger partial charge in [0.05, 0.1) is 18.8 Å². The van der Waals surface area contributed by atoms with E-state index in [0.29, 0.717) is 6.61 Å². The molecule has 1 aliphatic rings. The maximum absolute atomic E-state index is 14.6. The van der Waals surface area contributed by atoms with Crippen molar-refractivity contribution < 1.29 is 18.3 Å². The number of benzene rings is 2. The Labute approximate surface area is 230 Å². The second kappa shape index (κ2) is 13.0. The molecule has 1 unspecified atom stereocenters. The summed E-state index contributed by atoms with van der Waals surface area (Å²) in [5.74, 6) is 0.810. The molecule has 3 rings (SSSR count). The highest BCUT2D eigenvalue weighted by molar-refractivity contribution is 6.74. The first kappa shape index (κ1) is 30.0. The molecule has 0 aromatic heterocycles. The van der Waals surface area contributed by atoms with Gasteiger partial charge >= 0.3 is 0 Å². The number of hydrogen-bond acceptors (Lipinski definition) is 4. The van der Waals surface area contributed by atoms with E-state index in [4.69, 9.17) is 13.9 Å². The number of anilines is 1. The Morgan fingerprint density at radius 3 is 2.39 bits per heavy atom. The van der Waals surface area contributed by atoms with Crippen LogP contribution in [-0.4, -0.2) is 33.7 Å². The molecule has 4 nitrogen and oxygen atoms in total. The Balaban J connectivity index is 1.66. The van der Waals surface area contributed by atoms with Crippen molar-refractivity contribution in [2.24, 2.45) is 0 Å². The van der Waals surface area contributed by atoms with Gasteiger partial charge in [-0.2, -0.15) is 0 Å². The van der Waals surface area contributed by atoms with Gasteiger partial charge in [0.2, 0.25) is 0 Å². The highest BCUT2D eigenvalue weighted by Crippen LogP contribution is 2.36. The van der Waals surface area contributed by atoms with Gasteiger partial charge in [-0.25, -0.2) is 4.39 Å². The molecule has 0 amide bonds. The zero-order chi connectivity index (χ0) is 27.9. The molecule has 208 valence electrons. The van der Waals surface area contributed by atoms with E-state index in [1.165, 1.54) is 22.8 Å². The molecule has 0 saturated carbocycles. The van der Waals surface area contributed by atoms with Crippen LogP contribution in [0, 0.1) is 12.7 Å². The number of ether oxygens (including phenoxy) is 2. The molecule has 0 saturated heterocycles. The van der Waals surface area contributed by atoms with Crippen LogP contribution in [0.1, 0.15) is 58.6 Å². The fraction of sp³-hybridized carbons (Fsp3) is 0.500. The summed E-state index contributed by atoms with van der Waals surface area (Å²) in [6.07, 6.45) is 6.60. The second-order valence-electron chi connectivity index (χ2n) is 12.0. The summed E-state index contributed by atoms with van der Waals surface area (Å²) in [4.78, 5) is 0. The lowest BCUT2D eigenvalue weighted by atomic mass is 9.91. The maximum Gasteiger partial charge on any atom is 0.191 e. The predicted octanol–water partition coefficient (Wildman–Crippen LogP) is 8.59. The molecule has 0 fully saturated rings. The Morgan fingerprint density at radius 1 is 1.05 bits per heavy atom. The Hall–Kier alpha value is -2.57. The average Bonchev–Trinajstić information content (AvgIpc) is 2.82. The molecule has 1 N–H and O–H groups in total. The third-order valence-electron chi connectivity index (χ3n) is 7.32. The van der Waals surface area contributed by atoms with E-state index in [2.05, 4.69) is 82.5 Å². The topological polar surface area (TPSA) is 39.7 Å². The van der Waals surface area contributed by atoms with E-state index in [-0.39, 0.29) is 28.8 Å². The van der Waals surface area contributed by atoms with Gasteiger partial charge in [-0.3, -0.25) is 0 Å². The lowest BCUT2D eigenvalue weighted by Gasteiger charge is -2.36. The van der Waals surface area contributed by atoms with E-state index in [1.807, 2.05) is 19.9 Å². The van der Waals surface area contributed by atoms with Crippen molar-refractivity contribution in [1.82, 2.24) is 0 Å². The van der Waals surface area contributed by atoms with E-state index < -0.39 is 8.32 Å². The van der Waals surface area contributed by atoms with Crippen LogP contribution in [0.3, 0.4) is 0 Å². The van der Waals surface area contributed by atoms with E-state index in [0.717, 1.165) is 37.3 Å². The average molecular weight is 540 g/mol. The summed E-state index contributed by atoms with van der Waals surface area (Å²) in [7, 11) is -1.74. The van der Waals surface area contributed by atoms with Crippen LogP contribution < -0.4 is 10.1 Å². The van der Waals surface area contributed by atoms with Gasteiger partial charge in [-0.05, 0) is 87.2 Å². The molecule has 1 atom stereocenters. The summed E-state index contributed by atoms with van der Waals surface area (Å²) in [5, 5.41) is 3.74. The molecule has 0 aliphatic heterocycles. The predicted molar refractivity (Wildman–Crippen MR) is 159 cm³/mol.